The maximum atomic E-state index is 13.7. The summed E-state index contributed by atoms with van der Waals surface area (Å²) in [7, 11) is 2.88. The number of aromatic hydroxyl groups is 1. The number of nitrogens with zero attached hydrogens (tertiary/aromatic N) is 2. The summed E-state index contributed by atoms with van der Waals surface area (Å²) in [5.41, 5.74) is 0.889. The van der Waals surface area contributed by atoms with Gasteiger partial charge in [0.2, 0.25) is 5.75 Å². The molecule has 2 saturated heterocycles. The summed E-state index contributed by atoms with van der Waals surface area (Å²) in [5, 5.41) is 21.6. The molecule has 8 nitrogen and oxygen atoms in total. The Hall–Kier alpha value is -3.46. The molecule has 1 unspecified atom stereocenters. The molecule has 2 aliphatic rings. The van der Waals surface area contributed by atoms with Crippen molar-refractivity contribution in [2.45, 2.75) is 36.5 Å². The minimum atomic E-state index is -0.888. The van der Waals surface area contributed by atoms with Crippen molar-refractivity contribution in [3.63, 3.8) is 0 Å². The molecular formula is C33H36Cl2N2O6. The molecule has 2 heterocycles. The largest absolute Gasteiger partial charge is 0.504 e. The van der Waals surface area contributed by atoms with E-state index in [4.69, 9.17) is 32.7 Å². The first-order chi connectivity index (χ1) is 20.6. The number of likely N-dealkylation sites (tertiary alicyclic amines) is 2. The molecule has 0 bridgehead atoms. The fourth-order valence-corrected chi connectivity index (χ4v) is 6.92. The van der Waals surface area contributed by atoms with E-state index in [1.165, 1.54) is 20.3 Å². The first kappa shape index (κ1) is 31.0. The number of phenolic OH excluding ortho intramolecular Hbond substituents is 1. The van der Waals surface area contributed by atoms with Gasteiger partial charge >= 0.3 is 5.97 Å². The van der Waals surface area contributed by atoms with Crippen LogP contribution in [0.5, 0.6) is 17.2 Å². The van der Waals surface area contributed by atoms with Crippen molar-refractivity contribution >= 4 is 35.1 Å². The molecule has 0 saturated carbocycles. The Bertz CT molecular complexity index is 1490. The van der Waals surface area contributed by atoms with Gasteiger partial charge in [-0.05, 0) is 80.7 Å². The molecule has 0 radical (unpaired) electrons. The molecule has 10 heteroatoms. The number of amides is 1. The van der Waals surface area contributed by atoms with Gasteiger partial charge in [-0.1, -0.05) is 59.6 Å². The Morgan fingerprint density at radius 3 is 2.23 bits per heavy atom. The SMILES string of the molecule is COc1cc(C(=O)N2CCC(CCN3CCC(C(=O)O)(c4ccccc4)CC3)(c3ccc(Cl)c(Cl)c3)C2)cc(O)c1OC. The van der Waals surface area contributed by atoms with E-state index in [9.17, 15) is 19.8 Å². The molecule has 1 atom stereocenters. The second-order valence-electron chi connectivity index (χ2n) is 11.5. The van der Waals surface area contributed by atoms with Crippen molar-refractivity contribution in [1.82, 2.24) is 9.80 Å². The third kappa shape index (κ3) is 6.01. The van der Waals surface area contributed by atoms with Crippen LogP contribution in [0.2, 0.25) is 10.0 Å². The lowest BCUT2D eigenvalue weighted by Crippen LogP contribution is -2.48. The number of ether oxygens (including phenoxy) is 2. The summed E-state index contributed by atoms with van der Waals surface area (Å²) in [4.78, 5) is 30.3. The standard InChI is InChI=1S/C33H36Cl2N2O6/c1-42-28-19-22(18-27(38)29(28)43-2)30(39)37-17-11-32(21-37,24-8-9-25(34)26(35)20-24)10-14-36-15-12-33(13-16-36,31(40)41)23-6-4-3-5-7-23/h3-9,18-20,38H,10-17,21H2,1-2H3,(H,40,41). The summed E-state index contributed by atoms with van der Waals surface area (Å²) in [6.07, 6.45) is 2.52. The van der Waals surface area contributed by atoms with E-state index in [0.29, 0.717) is 61.1 Å². The zero-order valence-electron chi connectivity index (χ0n) is 24.3. The monoisotopic (exact) mass is 626 g/mol. The van der Waals surface area contributed by atoms with E-state index in [1.807, 2.05) is 42.5 Å². The predicted octanol–water partition coefficient (Wildman–Crippen LogP) is 6.01. The van der Waals surface area contributed by atoms with Crippen LogP contribution in [0, 0.1) is 0 Å². The second kappa shape index (κ2) is 12.6. The summed E-state index contributed by atoms with van der Waals surface area (Å²) < 4.78 is 10.6. The molecule has 2 aliphatic heterocycles. The highest BCUT2D eigenvalue weighted by atomic mass is 35.5. The van der Waals surface area contributed by atoms with E-state index >= 15 is 0 Å². The first-order valence-electron chi connectivity index (χ1n) is 14.3. The Morgan fingerprint density at radius 2 is 1.60 bits per heavy atom. The molecule has 43 heavy (non-hydrogen) atoms. The van der Waals surface area contributed by atoms with Gasteiger partial charge in [0.1, 0.15) is 0 Å². The number of aliphatic carboxylic acids is 1. The van der Waals surface area contributed by atoms with Gasteiger partial charge in [-0.2, -0.15) is 0 Å². The number of halogens is 2. The maximum Gasteiger partial charge on any atom is 0.314 e. The van der Waals surface area contributed by atoms with Crippen molar-refractivity contribution in [3.8, 4) is 17.2 Å². The number of rotatable bonds is 9. The van der Waals surface area contributed by atoms with Gasteiger partial charge < -0.3 is 29.5 Å². The van der Waals surface area contributed by atoms with Crippen LogP contribution in [0.4, 0.5) is 0 Å². The van der Waals surface area contributed by atoms with Crippen molar-refractivity contribution in [2.24, 2.45) is 0 Å². The number of phenols is 1. The normalized spacial score (nSPS) is 20.1. The molecule has 0 spiro atoms. The van der Waals surface area contributed by atoms with E-state index < -0.39 is 11.4 Å². The van der Waals surface area contributed by atoms with Gasteiger partial charge in [-0.15, -0.1) is 0 Å². The van der Waals surface area contributed by atoms with E-state index in [1.54, 1.807) is 17.0 Å². The Labute approximate surface area is 261 Å². The lowest BCUT2D eigenvalue weighted by molar-refractivity contribution is -0.146. The highest BCUT2D eigenvalue weighted by molar-refractivity contribution is 6.42. The molecule has 228 valence electrons. The van der Waals surface area contributed by atoms with Gasteiger partial charge in [-0.3, -0.25) is 9.59 Å². The number of carboxylic acids is 1. The van der Waals surface area contributed by atoms with Gasteiger partial charge in [0.15, 0.2) is 11.5 Å². The van der Waals surface area contributed by atoms with Crippen LogP contribution >= 0.6 is 23.2 Å². The van der Waals surface area contributed by atoms with Crippen LogP contribution in [0.1, 0.15) is 47.2 Å². The van der Waals surface area contributed by atoms with Crippen LogP contribution in [-0.4, -0.2) is 78.8 Å². The highest BCUT2D eigenvalue weighted by Crippen LogP contribution is 2.43. The fraction of sp³-hybridized carbons (Fsp3) is 0.394. The Balaban J connectivity index is 1.35. The van der Waals surface area contributed by atoms with E-state index in [2.05, 4.69) is 4.90 Å². The Kier molecular flexibility index (Phi) is 9.11. The van der Waals surface area contributed by atoms with Crippen molar-refractivity contribution in [3.05, 3.63) is 87.4 Å². The average Bonchev–Trinajstić information content (AvgIpc) is 3.46. The minimum absolute atomic E-state index is 0.168. The number of carbonyl (C=O) groups is 2. The molecule has 2 N–H and O–H groups in total. The molecule has 0 aromatic heterocycles. The van der Waals surface area contributed by atoms with Crippen LogP contribution in [0.25, 0.3) is 0 Å². The second-order valence-corrected chi connectivity index (χ2v) is 12.3. The average molecular weight is 628 g/mol. The number of carbonyl (C=O) groups excluding carboxylic acids is 1. The lowest BCUT2D eigenvalue weighted by Gasteiger charge is -2.40. The molecule has 2 fully saturated rings. The summed E-state index contributed by atoms with van der Waals surface area (Å²) in [6.45, 7) is 3.03. The zero-order valence-corrected chi connectivity index (χ0v) is 25.8. The molecule has 1 amide bonds. The Morgan fingerprint density at radius 1 is 0.884 bits per heavy atom. The summed E-state index contributed by atoms with van der Waals surface area (Å²) in [6, 6.07) is 18.1. The zero-order chi connectivity index (χ0) is 30.8. The van der Waals surface area contributed by atoms with Gasteiger partial charge in [0, 0.05) is 24.1 Å². The number of hydrogen-bond donors (Lipinski definition) is 2. The van der Waals surface area contributed by atoms with Gasteiger partial charge in [0.05, 0.1) is 29.7 Å². The third-order valence-corrected chi connectivity index (χ3v) is 9.97. The van der Waals surface area contributed by atoms with Crippen molar-refractivity contribution < 1.29 is 29.3 Å². The quantitative estimate of drug-likeness (QED) is 0.300. The molecular weight excluding hydrogens is 591 g/mol. The number of carboxylic acid groups (broad SMARTS) is 1. The van der Waals surface area contributed by atoms with Gasteiger partial charge in [0.25, 0.3) is 5.91 Å². The van der Waals surface area contributed by atoms with Crippen LogP contribution in [0.15, 0.2) is 60.7 Å². The molecule has 3 aromatic carbocycles. The smallest absolute Gasteiger partial charge is 0.314 e. The minimum Gasteiger partial charge on any atom is -0.504 e. The molecule has 5 rings (SSSR count). The first-order valence-corrected chi connectivity index (χ1v) is 15.1. The number of hydrogen-bond acceptors (Lipinski definition) is 6. The van der Waals surface area contributed by atoms with E-state index in [-0.39, 0.29) is 28.6 Å². The van der Waals surface area contributed by atoms with E-state index in [0.717, 1.165) is 24.1 Å². The van der Waals surface area contributed by atoms with Crippen LogP contribution in [-0.2, 0) is 15.6 Å². The highest BCUT2D eigenvalue weighted by Gasteiger charge is 2.45. The predicted molar refractivity (Wildman–Crippen MR) is 166 cm³/mol. The molecule has 0 aliphatic carbocycles. The maximum absolute atomic E-state index is 13.7. The number of piperidine rings is 1. The molecule has 3 aromatic rings. The number of methoxy groups -OCH3 is 2. The van der Waals surface area contributed by atoms with Crippen LogP contribution in [0.3, 0.4) is 0 Å². The van der Waals surface area contributed by atoms with Crippen molar-refractivity contribution in [2.75, 3.05) is 46.9 Å². The van der Waals surface area contributed by atoms with Crippen molar-refractivity contribution in [1.29, 1.82) is 0 Å². The topological polar surface area (TPSA) is 99.5 Å². The number of benzene rings is 3. The third-order valence-electron chi connectivity index (χ3n) is 9.23. The summed E-state index contributed by atoms with van der Waals surface area (Å²) in [5.74, 6) is -0.717. The fourth-order valence-electron chi connectivity index (χ4n) is 6.62. The summed E-state index contributed by atoms with van der Waals surface area (Å²) >= 11 is 12.7. The lowest BCUT2D eigenvalue weighted by atomic mass is 9.72. The van der Waals surface area contributed by atoms with Crippen LogP contribution < -0.4 is 9.47 Å². The van der Waals surface area contributed by atoms with Gasteiger partial charge in [-0.25, -0.2) is 0 Å².